The van der Waals surface area contributed by atoms with Crippen molar-refractivity contribution >= 4 is 40.4 Å². The Bertz CT molecular complexity index is 875. The zero-order valence-electron chi connectivity index (χ0n) is 14.9. The number of carbonyl (C=O) groups excluding carboxylic acids is 3. The van der Waals surface area contributed by atoms with Gasteiger partial charge in [-0.05, 0) is 54.8 Å². The van der Waals surface area contributed by atoms with Crippen LogP contribution in [0.25, 0.3) is 0 Å². The van der Waals surface area contributed by atoms with Gasteiger partial charge in [-0.1, -0.05) is 12.1 Å². The Morgan fingerprint density at radius 3 is 2.74 bits per heavy atom. The molecule has 1 aliphatic carbocycles. The number of benzene rings is 1. The molecule has 7 heteroatoms. The molecule has 2 heterocycles. The van der Waals surface area contributed by atoms with Gasteiger partial charge in [-0.15, -0.1) is 11.3 Å². The molecule has 2 N–H and O–H groups in total. The predicted molar refractivity (Wildman–Crippen MR) is 105 cm³/mol. The first-order chi connectivity index (χ1) is 13.1. The Labute approximate surface area is 161 Å². The van der Waals surface area contributed by atoms with E-state index in [1.54, 1.807) is 12.1 Å². The molecule has 3 amide bonds. The van der Waals surface area contributed by atoms with Crippen LogP contribution in [-0.2, 0) is 27.3 Å². The van der Waals surface area contributed by atoms with E-state index in [-0.39, 0.29) is 11.8 Å². The summed E-state index contributed by atoms with van der Waals surface area (Å²) in [5.74, 6) is -1.06. The molecule has 1 saturated carbocycles. The summed E-state index contributed by atoms with van der Waals surface area (Å²) in [6.07, 6.45) is 3.79. The first-order valence-electron chi connectivity index (χ1n) is 9.17. The maximum atomic E-state index is 12.5. The van der Waals surface area contributed by atoms with Crippen LogP contribution in [0.15, 0.2) is 35.7 Å². The quantitative estimate of drug-likeness (QED) is 0.797. The number of amides is 3. The highest BCUT2D eigenvalue weighted by Gasteiger charge is 2.35. The summed E-state index contributed by atoms with van der Waals surface area (Å²) in [6.45, 7) is 1.04. The van der Waals surface area contributed by atoms with Crippen LogP contribution in [0.1, 0.15) is 29.7 Å². The molecule has 27 heavy (non-hydrogen) atoms. The monoisotopic (exact) mass is 383 g/mol. The van der Waals surface area contributed by atoms with Crippen molar-refractivity contribution in [2.24, 2.45) is 5.92 Å². The molecule has 1 fully saturated rings. The molecule has 0 bridgehead atoms. The van der Waals surface area contributed by atoms with Crippen molar-refractivity contribution in [1.82, 2.24) is 5.32 Å². The SMILES string of the molecule is O=C(NCc1cccs1)C(=O)Nc1ccc2c(c1)N(C(=O)C1CC1)CCC2. The summed E-state index contributed by atoms with van der Waals surface area (Å²) in [5, 5.41) is 7.17. The van der Waals surface area contributed by atoms with E-state index in [1.165, 1.54) is 11.3 Å². The van der Waals surface area contributed by atoms with Crippen LogP contribution in [0.3, 0.4) is 0 Å². The van der Waals surface area contributed by atoms with E-state index < -0.39 is 11.8 Å². The number of hydrogen-bond donors (Lipinski definition) is 2. The number of carbonyl (C=O) groups is 3. The average Bonchev–Trinajstić information content (AvgIpc) is 3.40. The Kier molecular flexibility index (Phi) is 4.94. The van der Waals surface area contributed by atoms with Gasteiger partial charge in [0.25, 0.3) is 0 Å². The van der Waals surface area contributed by atoms with Gasteiger partial charge in [0.1, 0.15) is 0 Å². The van der Waals surface area contributed by atoms with Crippen molar-refractivity contribution in [1.29, 1.82) is 0 Å². The number of thiophene rings is 1. The minimum atomic E-state index is -0.706. The molecular formula is C20H21N3O3S. The normalized spacial score (nSPS) is 15.8. The fourth-order valence-corrected chi connectivity index (χ4v) is 3.93. The summed E-state index contributed by atoms with van der Waals surface area (Å²) in [7, 11) is 0. The van der Waals surface area contributed by atoms with Crippen LogP contribution in [0.4, 0.5) is 11.4 Å². The lowest BCUT2D eigenvalue weighted by atomic mass is 10.0. The molecular weight excluding hydrogens is 362 g/mol. The third kappa shape index (κ3) is 4.03. The highest BCUT2D eigenvalue weighted by atomic mass is 32.1. The molecule has 140 valence electrons. The molecule has 0 atom stereocenters. The summed E-state index contributed by atoms with van der Waals surface area (Å²) < 4.78 is 0. The summed E-state index contributed by atoms with van der Waals surface area (Å²) in [6, 6.07) is 9.32. The molecule has 1 aliphatic heterocycles. The largest absolute Gasteiger partial charge is 0.343 e. The fraction of sp³-hybridized carbons (Fsp3) is 0.350. The summed E-state index contributed by atoms with van der Waals surface area (Å²) in [4.78, 5) is 39.6. The Morgan fingerprint density at radius 2 is 2.00 bits per heavy atom. The smallest absolute Gasteiger partial charge is 0.313 e. The number of rotatable bonds is 4. The van der Waals surface area contributed by atoms with E-state index in [9.17, 15) is 14.4 Å². The third-order valence-corrected chi connectivity index (χ3v) is 5.74. The number of fused-ring (bicyclic) bond motifs is 1. The molecule has 1 aromatic heterocycles. The van der Waals surface area contributed by atoms with Crippen LogP contribution in [-0.4, -0.2) is 24.3 Å². The second-order valence-corrected chi connectivity index (χ2v) is 7.96. The van der Waals surface area contributed by atoms with Crippen LogP contribution in [0.2, 0.25) is 0 Å². The van der Waals surface area contributed by atoms with E-state index in [0.29, 0.717) is 18.8 Å². The van der Waals surface area contributed by atoms with Gasteiger partial charge in [0.2, 0.25) is 5.91 Å². The molecule has 0 spiro atoms. The maximum Gasteiger partial charge on any atom is 0.313 e. The Morgan fingerprint density at radius 1 is 1.15 bits per heavy atom. The van der Waals surface area contributed by atoms with Crippen molar-refractivity contribution in [2.45, 2.75) is 32.2 Å². The number of nitrogens with zero attached hydrogens (tertiary/aromatic N) is 1. The third-order valence-electron chi connectivity index (χ3n) is 4.86. The van der Waals surface area contributed by atoms with Gasteiger partial charge < -0.3 is 15.5 Å². The van der Waals surface area contributed by atoms with Crippen LogP contribution < -0.4 is 15.5 Å². The van der Waals surface area contributed by atoms with Crippen molar-refractivity contribution < 1.29 is 14.4 Å². The summed E-state index contributed by atoms with van der Waals surface area (Å²) >= 11 is 1.52. The molecule has 6 nitrogen and oxygen atoms in total. The van der Waals surface area contributed by atoms with E-state index >= 15 is 0 Å². The minimum Gasteiger partial charge on any atom is -0.343 e. The topological polar surface area (TPSA) is 78.5 Å². The number of aryl methyl sites for hydroxylation is 1. The lowest BCUT2D eigenvalue weighted by Gasteiger charge is -2.30. The first-order valence-corrected chi connectivity index (χ1v) is 10.1. The van der Waals surface area contributed by atoms with Crippen LogP contribution >= 0.6 is 11.3 Å². The molecule has 2 aromatic rings. The van der Waals surface area contributed by atoms with Gasteiger partial charge in [-0.25, -0.2) is 0 Å². The highest BCUT2D eigenvalue weighted by Crippen LogP contribution is 2.36. The van der Waals surface area contributed by atoms with Crippen LogP contribution in [0.5, 0.6) is 0 Å². The van der Waals surface area contributed by atoms with Gasteiger partial charge in [0, 0.05) is 28.7 Å². The van der Waals surface area contributed by atoms with E-state index in [4.69, 9.17) is 0 Å². The minimum absolute atomic E-state index is 0.150. The number of anilines is 2. The number of nitrogens with one attached hydrogen (secondary N) is 2. The highest BCUT2D eigenvalue weighted by molar-refractivity contribution is 7.09. The van der Waals surface area contributed by atoms with Crippen molar-refractivity contribution in [3.63, 3.8) is 0 Å². The molecule has 0 unspecified atom stereocenters. The van der Waals surface area contributed by atoms with E-state index in [2.05, 4.69) is 10.6 Å². The molecule has 2 aliphatic rings. The predicted octanol–water partition coefficient (Wildman–Crippen LogP) is 2.69. The van der Waals surface area contributed by atoms with Crippen molar-refractivity contribution in [2.75, 3.05) is 16.8 Å². The zero-order chi connectivity index (χ0) is 18.8. The molecule has 0 saturated heterocycles. The maximum absolute atomic E-state index is 12.5. The standard InChI is InChI=1S/C20H21N3O3S/c24-18(21-12-16-4-2-10-27-16)19(25)22-15-8-7-13-3-1-9-23(17(13)11-15)20(26)14-5-6-14/h2,4,7-8,10-11,14H,1,3,5-6,9,12H2,(H,21,24)(H,22,25). The Hall–Kier alpha value is -2.67. The van der Waals surface area contributed by atoms with Gasteiger partial charge >= 0.3 is 11.8 Å². The molecule has 0 radical (unpaired) electrons. The lowest BCUT2D eigenvalue weighted by molar-refractivity contribution is -0.136. The summed E-state index contributed by atoms with van der Waals surface area (Å²) in [5.41, 5.74) is 2.49. The molecule has 4 rings (SSSR count). The van der Waals surface area contributed by atoms with Crippen LogP contribution in [0, 0.1) is 5.92 Å². The van der Waals surface area contributed by atoms with E-state index in [0.717, 1.165) is 41.8 Å². The van der Waals surface area contributed by atoms with Gasteiger partial charge in [-0.3, -0.25) is 14.4 Å². The number of hydrogen-bond acceptors (Lipinski definition) is 4. The van der Waals surface area contributed by atoms with Crippen molar-refractivity contribution in [3.8, 4) is 0 Å². The van der Waals surface area contributed by atoms with Gasteiger partial charge in [0.05, 0.1) is 6.54 Å². The molecule has 1 aromatic carbocycles. The fourth-order valence-electron chi connectivity index (χ4n) is 3.28. The second kappa shape index (κ2) is 7.52. The van der Waals surface area contributed by atoms with Gasteiger partial charge in [-0.2, -0.15) is 0 Å². The second-order valence-electron chi connectivity index (χ2n) is 6.93. The Balaban J connectivity index is 1.43. The average molecular weight is 383 g/mol. The lowest BCUT2D eigenvalue weighted by Crippen LogP contribution is -2.37. The zero-order valence-corrected chi connectivity index (χ0v) is 15.7. The first kappa shape index (κ1) is 17.7. The van der Waals surface area contributed by atoms with Gasteiger partial charge in [0.15, 0.2) is 0 Å². The van der Waals surface area contributed by atoms with Crippen molar-refractivity contribution in [3.05, 3.63) is 46.2 Å². The van der Waals surface area contributed by atoms with E-state index in [1.807, 2.05) is 28.5 Å².